The van der Waals surface area contributed by atoms with Gasteiger partial charge in [0.15, 0.2) is 5.75 Å². The number of carbonyl (C=O) groups excluding carboxylic acids is 2. The predicted molar refractivity (Wildman–Crippen MR) is 94.9 cm³/mol. The van der Waals surface area contributed by atoms with Crippen LogP contribution in [0.1, 0.15) is 35.3 Å². The van der Waals surface area contributed by atoms with Crippen LogP contribution in [0.5, 0.6) is 5.75 Å². The summed E-state index contributed by atoms with van der Waals surface area (Å²) in [6, 6.07) is 8.61. The Labute approximate surface area is 153 Å². The highest BCUT2D eigenvalue weighted by atomic mass is 16.6. The molecular weight excluding hydrogens is 356 g/mol. The first-order valence-electron chi connectivity index (χ1n) is 7.77. The van der Waals surface area contributed by atoms with E-state index < -0.39 is 22.8 Å². The zero-order chi connectivity index (χ0) is 20.1. The third-order valence-corrected chi connectivity index (χ3v) is 3.49. The maximum atomic E-state index is 11.6. The number of carbonyl (C=O) groups is 3. The first-order valence-corrected chi connectivity index (χ1v) is 7.77. The van der Waals surface area contributed by atoms with Crippen LogP contribution in [-0.2, 0) is 16.0 Å². The molecule has 0 fully saturated rings. The fourth-order valence-corrected chi connectivity index (χ4v) is 2.46. The van der Waals surface area contributed by atoms with E-state index in [1.54, 1.807) is 12.1 Å². The number of carboxylic acids is 1. The molecule has 0 saturated heterocycles. The van der Waals surface area contributed by atoms with Crippen molar-refractivity contribution in [2.24, 2.45) is 0 Å². The van der Waals surface area contributed by atoms with Crippen LogP contribution in [0.2, 0.25) is 0 Å². The number of aromatic carboxylic acids is 1. The maximum absolute atomic E-state index is 11.6. The molecule has 2 rings (SSSR count). The lowest BCUT2D eigenvalue weighted by molar-refractivity contribution is -0.384. The standard InChI is InChI=1S/C18H16N2O7/c1-10(21)19-16-9-13(7-12-3-5-14(6-4-12)20(25)26)8-15(18(23)24)17(16)27-11(2)22/h3-6,8-9H,7H2,1-2H3,(H,19,21)(H,23,24). The lowest BCUT2D eigenvalue weighted by Crippen LogP contribution is -2.14. The lowest BCUT2D eigenvalue weighted by Gasteiger charge is -2.15. The van der Waals surface area contributed by atoms with Gasteiger partial charge in [-0.25, -0.2) is 4.79 Å². The quantitative estimate of drug-likeness (QED) is 0.344. The molecule has 0 saturated carbocycles. The second-order valence-electron chi connectivity index (χ2n) is 5.70. The summed E-state index contributed by atoms with van der Waals surface area (Å²) in [7, 11) is 0. The van der Waals surface area contributed by atoms with E-state index in [2.05, 4.69) is 5.32 Å². The average molecular weight is 372 g/mol. The number of ether oxygens (including phenoxy) is 1. The molecule has 0 aliphatic rings. The van der Waals surface area contributed by atoms with Gasteiger partial charge in [0, 0.05) is 26.0 Å². The highest BCUT2D eigenvalue weighted by Crippen LogP contribution is 2.32. The summed E-state index contributed by atoms with van der Waals surface area (Å²) < 4.78 is 4.98. The van der Waals surface area contributed by atoms with E-state index in [9.17, 15) is 29.6 Å². The van der Waals surface area contributed by atoms with Gasteiger partial charge in [0.1, 0.15) is 5.56 Å². The third kappa shape index (κ3) is 5.11. The summed E-state index contributed by atoms with van der Waals surface area (Å²) in [5.41, 5.74) is 0.920. The average Bonchev–Trinajstić information content (AvgIpc) is 2.56. The number of benzene rings is 2. The van der Waals surface area contributed by atoms with Crippen molar-refractivity contribution in [3.63, 3.8) is 0 Å². The van der Waals surface area contributed by atoms with Gasteiger partial charge in [-0.2, -0.15) is 0 Å². The Balaban J connectivity index is 2.48. The van der Waals surface area contributed by atoms with Crippen LogP contribution in [0.3, 0.4) is 0 Å². The second-order valence-corrected chi connectivity index (χ2v) is 5.70. The number of hydrogen-bond donors (Lipinski definition) is 2. The van der Waals surface area contributed by atoms with Crippen LogP contribution >= 0.6 is 0 Å². The van der Waals surface area contributed by atoms with Crippen molar-refractivity contribution in [2.45, 2.75) is 20.3 Å². The molecule has 9 heteroatoms. The highest BCUT2D eigenvalue weighted by molar-refractivity contribution is 5.98. The lowest BCUT2D eigenvalue weighted by atomic mass is 10.0. The van der Waals surface area contributed by atoms with Crippen molar-refractivity contribution >= 4 is 29.2 Å². The number of hydrogen-bond acceptors (Lipinski definition) is 6. The Bertz CT molecular complexity index is 920. The third-order valence-electron chi connectivity index (χ3n) is 3.49. The molecule has 0 aliphatic carbocycles. The van der Waals surface area contributed by atoms with Crippen molar-refractivity contribution < 1.29 is 29.2 Å². The van der Waals surface area contributed by atoms with Crippen LogP contribution in [-0.4, -0.2) is 27.9 Å². The number of anilines is 1. The fourth-order valence-electron chi connectivity index (χ4n) is 2.46. The number of nitrogens with zero attached hydrogens (tertiary/aromatic N) is 1. The Morgan fingerprint density at radius 3 is 2.22 bits per heavy atom. The van der Waals surface area contributed by atoms with E-state index in [1.807, 2.05) is 0 Å². The summed E-state index contributed by atoms with van der Waals surface area (Å²) >= 11 is 0. The topological polar surface area (TPSA) is 136 Å². The van der Waals surface area contributed by atoms with E-state index in [0.717, 1.165) is 6.92 Å². The number of carboxylic acid groups (broad SMARTS) is 1. The van der Waals surface area contributed by atoms with E-state index in [-0.39, 0.29) is 29.1 Å². The zero-order valence-corrected chi connectivity index (χ0v) is 14.5. The molecule has 27 heavy (non-hydrogen) atoms. The number of nitro groups is 1. The minimum Gasteiger partial charge on any atom is -0.478 e. The molecule has 0 radical (unpaired) electrons. The number of non-ortho nitro benzene ring substituents is 1. The molecule has 1 amide bonds. The summed E-state index contributed by atoms with van der Waals surface area (Å²) in [5, 5.41) is 22.6. The molecule has 0 aliphatic heterocycles. The fraction of sp³-hybridized carbons (Fsp3) is 0.167. The van der Waals surface area contributed by atoms with Gasteiger partial charge < -0.3 is 15.2 Å². The Hall–Kier alpha value is -3.75. The van der Waals surface area contributed by atoms with Crippen molar-refractivity contribution in [3.8, 4) is 5.75 Å². The molecule has 0 heterocycles. The molecule has 140 valence electrons. The molecule has 0 spiro atoms. The monoisotopic (exact) mass is 372 g/mol. The molecule has 0 atom stereocenters. The Kier molecular flexibility index (Phi) is 5.86. The van der Waals surface area contributed by atoms with Gasteiger partial charge in [-0.3, -0.25) is 19.7 Å². The molecule has 2 aromatic carbocycles. The van der Waals surface area contributed by atoms with Crippen LogP contribution in [0.15, 0.2) is 36.4 Å². The number of esters is 1. The number of amides is 1. The minimum atomic E-state index is -1.33. The maximum Gasteiger partial charge on any atom is 0.339 e. The highest BCUT2D eigenvalue weighted by Gasteiger charge is 2.20. The van der Waals surface area contributed by atoms with Crippen LogP contribution in [0.4, 0.5) is 11.4 Å². The van der Waals surface area contributed by atoms with Crippen LogP contribution in [0.25, 0.3) is 0 Å². The predicted octanol–water partition coefficient (Wildman–Crippen LogP) is 2.77. The largest absolute Gasteiger partial charge is 0.478 e. The zero-order valence-electron chi connectivity index (χ0n) is 14.5. The normalized spacial score (nSPS) is 10.1. The van der Waals surface area contributed by atoms with Crippen LogP contribution < -0.4 is 10.1 Å². The van der Waals surface area contributed by atoms with Crippen molar-refractivity contribution in [2.75, 3.05) is 5.32 Å². The van der Waals surface area contributed by atoms with Crippen LogP contribution in [0, 0.1) is 10.1 Å². The van der Waals surface area contributed by atoms with Gasteiger partial charge >= 0.3 is 11.9 Å². The smallest absolute Gasteiger partial charge is 0.339 e. The summed E-state index contributed by atoms with van der Waals surface area (Å²) in [6.07, 6.45) is 0.255. The van der Waals surface area contributed by atoms with Gasteiger partial charge in [0.2, 0.25) is 5.91 Å². The van der Waals surface area contributed by atoms with E-state index in [4.69, 9.17) is 4.74 Å². The SMILES string of the molecule is CC(=O)Nc1cc(Cc2ccc([N+](=O)[O-])cc2)cc(C(=O)O)c1OC(C)=O. The van der Waals surface area contributed by atoms with Crippen molar-refractivity contribution in [1.82, 2.24) is 0 Å². The van der Waals surface area contributed by atoms with E-state index >= 15 is 0 Å². The summed E-state index contributed by atoms with van der Waals surface area (Å²) in [4.78, 5) is 44.5. The molecule has 0 aromatic heterocycles. The first-order chi connectivity index (χ1) is 12.7. The summed E-state index contributed by atoms with van der Waals surface area (Å²) in [5.74, 6) is -2.78. The van der Waals surface area contributed by atoms with Crippen molar-refractivity contribution in [3.05, 3.63) is 63.2 Å². The molecule has 9 nitrogen and oxygen atoms in total. The van der Waals surface area contributed by atoms with Gasteiger partial charge in [-0.15, -0.1) is 0 Å². The Morgan fingerprint density at radius 1 is 1.11 bits per heavy atom. The second kappa shape index (κ2) is 8.09. The minimum absolute atomic E-state index is 0.0505. The Morgan fingerprint density at radius 2 is 1.74 bits per heavy atom. The molecule has 2 N–H and O–H groups in total. The van der Waals surface area contributed by atoms with Gasteiger partial charge in [0.25, 0.3) is 5.69 Å². The van der Waals surface area contributed by atoms with E-state index in [0.29, 0.717) is 11.1 Å². The number of nitro benzene ring substituents is 1. The molecule has 0 unspecified atom stereocenters. The molecular formula is C18H16N2O7. The van der Waals surface area contributed by atoms with Gasteiger partial charge in [-0.1, -0.05) is 12.1 Å². The van der Waals surface area contributed by atoms with Gasteiger partial charge in [-0.05, 0) is 29.7 Å². The number of nitrogens with one attached hydrogen (secondary N) is 1. The summed E-state index contributed by atoms with van der Waals surface area (Å²) in [6.45, 7) is 2.36. The van der Waals surface area contributed by atoms with Gasteiger partial charge in [0.05, 0.1) is 10.6 Å². The van der Waals surface area contributed by atoms with E-state index in [1.165, 1.54) is 31.2 Å². The van der Waals surface area contributed by atoms with Crippen molar-refractivity contribution in [1.29, 1.82) is 0 Å². The molecule has 0 bridgehead atoms. The number of rotatable bonds is 6. The molecule has 2 aromatic rings. The first kappa shape index (κ1) is 19.6.